The molecule has 122 valence electrons. The fraction of sp³-hybridized carbons (Fsp3) is 0.250. The molecule has 0 aliphatic carbocycles. The zero-order valence-corrected chi connectivity index (χ0v) is 12.0. The van der Waals surface area contributed by atoms with Crippen molar-refractivity contribution in [3.8, 4) is 11.5 Å². The molecule has 2 aromatic rings. The zero-order valence-electron chi connectivity index (χ0n) is 12.0. The minimum Gasteiger partial charge on any atom is -0.497 e. The van der Waals surface area contributed by atoms with Crippen LogP contribution in [0.3, 0.4) is 0 Å². The van der Waals surface area contributed by atoms with Gasteiger partial charge in [-0.15, -0.1) is 0 Å². The highest BCUT2D eigenvalue weighted by Gasteiger charge is 2.69. The maximum absolute atomic E-state index is 14.5. The Bertz CT molecular complexity index is 712. The first kappa shape index (κ1) is 15.6. The molecule has 0 N–H and O–H groups in total. The van der Waals surface area contributed by atoms with E-state index in [9.17, 15) is 17.6 Å². The molecule has 0 bridgehead atoms. The van der Waals surface area contributed by atoms with Crippen LogP contribution in [0.5, 0.6) is 11.5 Å². The van der Waals surface area contributed by atoms with Gasteiger partial charge in [-0.25, -0.2) is 8.78 Å². The third-order valence-corrected chi connectivity index (χ3v) is 3.57. The Balaban J connectivity index is 1.88. The number of halogens is 4. The first-order valence-electron chi connectivity index (χ1n) is 6.68. The van der Waals surface area contributed by atoms with Crippen LogP contribution in [0.15, 0.2) is 42.5 Å². The highest BCUT2D eigenvalue weighted by atomic mass is 19.3. The molecule has 3 nitrogen and oxygen atoms in total. The number of ether oxygens (including phenoxy) is 3. The van der Waals surface area contributed by atoms with E-state index in [1.807, 2.05) is 0 Å². The Labute approximate surface area is 129 Å². The van der Waals surface area contributed by atoms with Crippen LogP contribution in [0.2, 0.25) is 0 Å². The van der Waals surface area contributed by atoms with Crippen molar-refractivity contribution in [2.75, 3.05) is 13.7 Å². The average Bonchev–Trinajstić information content (AvgIpc) is 3.30. The molecule has 1 atom stereocenters. The van der Waals surface area contributed by atoms with Crippen molar-refractivity contribution in [2.24, 2.45) is 0 Å². The molecule has 1 aliphatic heterocycles. The molecule has 3 rings (SSSR count). The first-order chi connectivity index (χ1) is 10.9. The van der Waals surface area contributed by atoms with E-state index < -0.39 is 35.5 Å². The maximum Gasteiger partial charge on any atom is 0.434 e. The lowest BCUT2D eigenvalue weighted by molar-refractivity contribution is -0.227. The quantitative estimate of drug-likeness (QED) is 0.617. The molecule has 23 heavy (non-hydrogen) atoms. The van der Waals surface area contributed by atoms with Crippen LogP contribution in [-0.2, 0) is 10.3 Å². The van der Waals surface area contributed by atoms with E-state index in [4.69, 9.17) is 14.2 Å². The largest absolute Gasteiger partial charge is 0.497 e. The van der Waals surface area contributed by atoms with Crippen LogP contribution in [0.25, 0.3) is 0 Å². The van der Waals surface area contributed by atoms with Gasteiger partial charge >= 0.3 is 6.11 Å². The highest BCUT2D eigenvalue weighted by molar-refractivity contribution is 5.34. The predicted molar refractivity (Wildman–Crippen MR) is 72.6 cm³/mol. The molecule has 1 aliphatic rings. The number of methoxy groups -OCH3 is 1. The lowest BCUT2D eigenvalue weighted by atomic mass is 9.98. The van der Waals surface area contributed by atoms with E-state index in [2.05, 4.69) is 0 Å². The van der Waals surface area contributed by atoms with Crippen LogP contribution < -0.4 is 9.47 Å². The average molecular weight is 328 g/mol. The second-order valence-electron chi connectivity index (χ2n) is 5.03. The molecule has 7 heteroatoms. The van der Waals surface area contributed by atoms with Crippen LogP contribution in [0.1, 0.15) is 5.56 Å². The van der Waals surface area contributed by atoms with Gasteiger partial charge in [0.05, 0.1) is 13.7 Å². The summed E-state index contributed by atoms with van der Waals surface area (Å²) in [6.07, 6.45) is -3.83. The molecule has 0 aromatic heterocycles. The van der Waals surface area contributed by atoms with Crippen LogP contribution in [0.4, 0.5) is 17.6 Å². The summed E-state index contributed by atoms with van der Waals surface area (Å²) in [6, 6.07) is 7.85. The Morgan fingerprint density at radius 2 is 1.65 bits per heavy atom. The Hall–Kier alpha value is -2.28. The fourth-order valence-corrected chi connectivity index (χ4v) is 2.24. The fourth-order valence-electron chi connectivity index (χ4n) is 2.24. The molecule has 1 fully saturated rings. The van der Waals surface area contributed by atoms with E-state index in [1.54, 1.807) is 0 Å². The SMILES string of the molecule is COc1ccc(OC(F)(F)C2(c3ccc(F)cc3F)CO2)cc1. The molecular weight excluding hydrogens is 316 g/mol. The predicted octanol–water partition coefficient (Wildman–Crippen LogP) is 3.87. The number of epoxide rings is 1. The molecule has 1 heterocycles. The summed E-state index contributed by atoms with van der Waals surface area (Å²) in [5, 5.41) is 0. The summed E-state index contributed by atoms with van der Waals surface area (Å²) in [4.78, 5) is 0. The van der Waals surface area contributed by atoms with Gasteiger partial charge in [0.25, 0.3) is 0 Å². The van der Waals surface area contributed by atoms with Gasteiger partial charge in [-0.05, 0) is 36.4 Å². The van der Waals surface area contributed by atoms with Gasteiger partial charge in [-0.2, -0.15) is 8.78 Å². The standard InChI is InChI=1S/C16H12F4O3/c1-21-11-3-5-12(6-4-11)23-16(19,20)15(9-22-15)13-7-2-10(17)8-14(13)18/h2-8H,9H2,1H3. The monoisotopic (exact) mass is 328 g/mol. The molecule has 1 unspecified atom stereocenters. The summed E-state index contributed by atoms with van der Waals surface area (Å²) in [5.74, 6) is -1.63. The highest BCUT2D eigenvalue weighted by Crippen LogP contribution is 2.52. The summed E-state index contributed by atoms with van der Waals surface area (Å²) in [5.41, 5.74) is -2.71. The third kappa shape index (κ3) is 2.72. The van der Waals surface area contributed by atoms with Gasteiger partial charge in [0.2, 0.25) is 5.60 Å². The Morgan fingerprint density at radius 3 is 2.17 bits per heavy atom. The number of rotatable bonds is 5. The lowest BCUT2D eigenvalue weighted by Crippen LogP contribution is -2.41. The van der Waals surface area contributed by atoms with E-state index >= 15 is 0 Å². The number of benzene rings is 2. The zero-order chi connectivity index (χ0) is 16.7. The second-order valence-corrected chi connectivity index (χ2v) is 5.03. The molecule has 0 spiro atoms. The van der Waals surface area contributed by atoms with Gasteiger partial charge in [0, 0.05) is 11.6 Å². The third-order valence-electron chi connectivity index (χ3n) is 3.57. The summed E-state index contributed by atoms with van der Waals surface area (Å²) < 4.78 is 70.1. The van der Waals surface area contributed by atoms with Crippen molar-refractivity contribution in [3.63, 3.8) is 0 Å². The molecule has 1 saturated heterocycles. The number of alkyl halides is 2. The van der Waals surface area contributed by atoms with E-state index in [0.29, 0.717) is 11.8 Å². The molecule has 2 aromatic carbocycles. The van der Waals surface area contributed by atoms with Gasteiger partial charge in [0.15, 0.2) is 0 Å². The van der Waals surface area contributed by atoms with Gasteiger partial charge in [-0.1, -0.05) is 0 Å². The van der Waals surface area contributed by atoms with Crippen molar-refractivity contribution in [1.29, 1.82) is 0 Å². The smallest absolute Gasteiger partial charge is 0.434 e. The molecule has 0 amide bonds. The molecule has 0 saturated carbocycles. The lowest BCUT2D eigenvalue weighted by Gasteiger charge is -2.25. The van der Waals surface area contributed by atoms with Crippen molar-refractivity contribution in [1.82, 2.24) is 0 Å². The van der Waals surface area contributed by atoms with Crippen molar-refractivity contribution in [3.05, 3.63) is 59.7 Å². The molecular formula is C16H12F4O3. The normalized spacial score (nSPS) is 20.2. The minimum atomic E-state index is -3.83. The van der Waals surface area contributed by atoms with E-state index in [0.717, 1.165) is 12.1 Å². The Kier molecular flexibility index (Phi) is 3.68. The van der Waals surface area contributed by atoms with E-state index in [1.165, 1.54) is 31.4 Å². The maximum atomic E-state index is 14.5. The van der Waals surface area contributed by atoms with Gasteiger partial charge in [0.1, 0.15) is 23.1 Å². The van der Waals surface area contributed by atoms with Gasteiger partial charge in [-0.3, -0.25) is 0 Å². The van der Waals surface area contributed by atoms with Crippen LogP contribution in [-0.4, -0.2) is 19.8 Å². The van der Waals surface area contributed by atoms with E-state index in [-0.39, 0.29) is 5.75 Å². The Morgan fingerprint density at radius 1 is 1.04 bits per heavy atom. The number of hydrogen-bond acceptors (Lipinski definition) is 3. The van der Waals surface area contributed by atoms with Crippen LogP contribution in [0, 0.1) is 11.6 Å². The summed E-state index contributed by atoms with van der Waals surface area (Å²) in [7, 11) is 1.44. The van der Waals surface area contributed by atoms with Crippen LogP contribution >= 0.6 is 0 Å². The van der Waals surface area contributed by atoms with Crippen molar-refractivity contribution < 1.29 is 31.8 Å². The summed E-state index contributed by atoms with van der Waals surface area (Å²) >= 11 is 0. The van der Waals surface area contributed by atoms with Crippen molar-refractivity contribution >= 4 is 0 Å². The second kappa shape index (κ2) is 5.42. The minimum absolute atomic E-state index is 0.131. The number of hydrogen-bond donors (Lipinski definition) is 0. The van der Waals surface area contributed by atoms with Gasteiger partial charge < -0.3 is 14.2 Å². The summed E-state index contributed by atoms with van der Waals surface area (Å²) in [6.45, 7) is -0.432. The topological polar surface area (TPSA) is 31.0 Å². The molecule has 0 radical (unpaired) electrons. The van der Waals surface area contributed by atoms with Crippen molar-refractivity contribution in [2.45, 2.75) is 11.7 Å². The first-order valence-corrected chi connectivity index (χ1v) is 6.68.